The highest BCUT2D eigenvalue weighted by Crippen LogP contribution is 2.24. The first-order valence-corrected chi connectivity index (χ1v) is 11.3. The molecular weight excluding hydrogens is 386 g/mol. The smallest absolute Gasteiger partial charge is 0.105 e. The Labute approximate surface area is 185 Å². The average Bonchev–Trinajstić information content (AvgIpc) is 2.80. The van der Waals surface area contributed by atoms with Crippen molar-refractivity contribution in [3.05, 3.63) is 58.3 Å². The standard InChI is InChI=1S/C25H35N5O/c1-3-4-19-14-20(15-24(23(19)16-26)29-22-5-7-27-8-6-22)21-13-18(2)25(28-17-21)30-9-11-31-12-10-30/h3-4,13-16,22,27-29H,1,5-12,17,26H2,2H3/b19-4-,23-16+. The Morgan fingerprint density at radius 2 is 2.00 bits per heavy atom. The number of hydrogen-bond acceptors (Lipinski definition) is 6. The zero-order valence-corrected chi connectivity index (χ0v) is 18.5. The number of nitrogens with two attached hydrogens (primary N) is 1. The number of piperidine rings is 1. The van der Waals surface area contributed by atoms with Crippen LogP contribution < -0.4 is 32.1 Å². The Kier molecular flexibility index (Phi) is 6.99. The molecule has 0 amide bonds. The SMILES string of the molecule is C=C/C=c1/cc(C2=CC(C)=C(N3CCOCC3)NC2)cc(NC2CCNCC2)/c1=C/N. The minimum atomic E-state index is 0.458. The van der Waals surface area contributed by atoms with Gasteiger partial charge in [-0.2, -0.15) is 0 Å². The van der Waals surface area contributed by atoms with Crippen molar-refractivity contribution in [1.82, 2.24) is 15.5 Å². The number of ether oxygens (including phenoxy) is 1. The van der Waals surface area contributed by atoms with Gasteiger partial charge < -0.3 is 31.3 Å². The maximum absolute atomic E-state index is 6.06. The van der Waals surface area contributed by atoms with Crippen LogP contribution in [-0.2, 0) is 4.74 Å². The van der Waals surface area contributed by atoms with Crippen LogP contribution in [0.1, 0.15) is 25.3 Å². The van der Waals surface area contributed by atoms with E-state index in [1.54, 1.807) is 6.20 Å². The van der Waals surface area contributed by atoms with E-state index in [9.17, 15) is 0 Å². The van der Waals surface area contributed by atoms with Crippen molar-refractivity contribution in [2.45, 2.75) is 25.8 Å². The number of dihydropyridines is 1. The molecule has 0 atom stereocenters. The number of rotatable bonds is 5. The van der Waals surface area contributed by atoms with Gasteiger partial charge in [0.1, 0.15) is 5.82 Å². The first-order valence-electron chi connectivity index (χ1n) is 11.3. The van der Waals surface area contributed by atoms with Crippen LogP contribution in [-0.4, -0.2) is 56.9 Å². The van der Waals surface area contributed by atoms with Gasteiger partial charge >= 0.3 is 0 Å². The molecule has 4 rings (SSSR count). The Morgan fingerprint density at radius 3 is 2.68 bits per heavy atom. The predicted molar refractivity (Wildman–Crippen MR) is 130 cm³/mol. The van der Waals surface area contributed by atoms with Gasteiger partial charge in [0.2, 0.25) is 0 Å². The largest absolute Gasteiger partial charge is 0.404 e. The summed E-state index contributed by atoms with van der Waals surface area (Å²) in [7, 11) is 0. The first kappa shape index (κ1) is 21.5. The van der Waals surface area contributed by atoms with Crippen LogP contribution in [0.4, 0.5) is 5.69 Å². The summed E-state index contributed by atoms with van der Waals surface area (Å²) < 4.78 is 5.51. The Bertz CT molecular complexity index is 982. The lowest BCUT2D eigenvalue weighted by Gasteiger charge is -2.34. The summed E-state index contributed by atoms with van der Waals surface area (Å²) in [6.07, 6.45) is 10.1. The van der Waals surface area contributed by atoms with Gasteiger partial charge in [-0.25, -0.2) is 0 Å². The fourth-order valence-corrected chi connectivity index (χ4v) is 4.65. The predicted octanol–water partition coefficient (Wildman–Crippen LogP) is 1.06. The minimum Gasteiger partial charge on any atom is -0.404 e. The summed E-state index contributed by atoms with van der Waals surface area (Å²) in [6.45, 7) is 12.4. The lowest BCUT2D eigenvalue weighted by molar-refractivity contribution is 0.0501. The molecule has 0 aliphatic carbocycles. The first-order chi connectivity index (χ1) is 15.2. The third-order valence-electron chi connectivity index (χ3n) is 6.28. The van der Waals surface area contributed by atoms with Crippen LogP contribution >= 0.6 is 0 Å². The van der Waals surface area contributed by atoms with E-state index in [0.717, 1.165) is 74.9 Å². The maximum atomic E-state index is 6.06. The number of nitrogens with one attached hydrogen (secondary N) is 3. The normalized spacial score (nSPS) is 21.7. The van der Waals surface area contributed by atoms with Crippen molar-refractivity contribution in [3.63, 3.8) is 0 Å². The molecule has 0 spiro atoms. The van der Waals surface area contributed by atoms with Gasteiger partial charge in [0.25, 0.3) is 0 Å². The summed E-state index contributed by atoms with van der Waals surface area (Å²) in [5, 5.41) is 13.0. The highest BCUT2D eigenvalue weighted by atomic mass is 16.5. The summed E-state index contributed by atoms with van der Waals surface area (Å²) >= 11 is 0. The molecule has 5 N–H and O–H groups in total. The quantitative estimate of drug-likeness (QED) is 0.570. The molecule has 2 fully saturated rings. The number of morpholine rings is 1. The molecule has 3 heterocycles. The van der Waals surface area contributed by atoms with E-state index in [2.05, 4.69) is 52.6 Å². The lowest BCUT2D eigenvalue weighted by Crippen LogP contribution is -2.42. The van der Waals surface area contributed by atoms with Gasteiger partial charge in [-0.3, -0.25) is 0 Å². The Balaban J connectivity index is 1.70. The van der Waals surface area contributed by atoms with E-state index >= 15 is 0 Å². The summed E-state index contributed by atoms with van der Waals surface area (Å²) in [5.74, 6) is 1.23. The van der Waals surface area contributed by atoms with E-state index in [4.69, 9.17) is 10.5 Å². The summed E-state index contributed by atoms with van der Waals surface area (Å²) in [5.41, 5.74) is 10.9. The molecule has 2 saturated heterocycles. The summed E-state index contributed by atoms with van der Waals surface area (Å²) in [6, 6.07) is 4.93. The Hall–Kier alpha value is -2.70. The molecule has 166 valence electrons. The van der Waals surface area contributed by atoms with Gasteiger partial charge in [0, 0.05) is 42.8 Å². The van der Waals surface area contributed by atoms with Crippen molar-refractivity contribution < 1.29 is 4.74 Å². The molecule has 6 nitrogen and oxygen atoms in total. The van der Waals surface area contributed by atoms with E-state index in [0.29, 0.717) is 6.04 Å². The molecule has 31 heavy (non-hydrogen) atoms. The molecule has 1 aromatic rings. The zero-order chi connectivity index (χ0) is 21.6. The van der Waals surface area contributed by atoms with Crippen LogP contribution in [0.15, 0.2) is 42.3 Å². The molecule has 0 bridgehead atoms. The van der Waals surface area contributed by atoms with Crippen molar-refractivity contribution >= 4 is 23.5 Å². The van der Waals surface area contributed by atoms with Gasteiger partial charge in [-0.05, 0) is 66.9 Å². The fourth-order valence-electron chi connectivity index (χ4n) is 4.65. The number of allylic oxidation sites excluding steroid dienone is 3. The van der Waals surface area contributed by atoms with E-state index in [1.165, 1.54) is 22.5 Å². The molecular formula is C25H35N5O. The van der Waals surface area contributed by atoms with Crippen LogP contribution in [0.2, 0.25) is 0 Å². The molecule has 3 aliphatic heterocycles. The highest BCUT2D eigenvalue weighted by Gasteiger charge is 2.20. The van der Waals surface area contributed by atoms with Crippen LogP contribution in [0, 0.1) is 0 Å². The second-order valence-corrected chi connectivity index (χ2v) is 8.42. The van der Waals surface area contributed by atoms with Gasteiger partial charge in [-0.15, -0.1) is 0 Å². The molecule has 0 radical (unpaired) electrons. The number of anilines is 1. The average molecular weight is 422 g/mol. The maximum Gasteiger partial charge on any atom is 0.105 e. The number of hydrogen-bond donors (Lipinski definition) is 4. The van der Waals surface area contributed by atoms with Gasteiger partial charge in [0.05, 0.1) is 13.2 Å². The van der Waals surface area contributed by atoms with E-state index in [1.807, 2.05) is 12.2 Å². The van der Waals surface area contributed by atoms with E-state index < -0.39 is 0 Å². The molecule has 6 heteroatoms. The molecule has 1 aromatic carbocycles. The van der Waals surface area contributed by atoms with Gasteiger partial charge in [0.15, 0.2) is 0 Å². The van der Waals surface area contributed by atoms with E-state index in [-0.39, 0.29) is 0 Å². The van der Waals surface area contributed by atoms with Crippen molar-refractivity contribution in [3.8, 4) is 0 Å². The van der Waals surface area contributed by atoms with Gasteiger partial charge in [-0.1, -0.05) is 24.8 Å². The number of nitrogens with zero attached hydrogens (tertiary/aromatic N) is 1. The van der Waals surface area contributed by atoms with Crippen molar-refractivity contribution in [2.24, 2.45) is 5.73 Å². The molecule has 0 unspecified atom stereocenters. The molecule has 0 saturated carbocycles. The summed E-state index contributed by atoms with van der Waals surface area (Å²) in [4.78, 5) is 2.39. The Morgan fingerprint density at radius 1 is 1.23 bits per heavy atom. The third kappa shape index (κ3) is 4.97. The lowest BCUT2D eigenvalue weighted by atomic mass is 9.97. The van der Waals surface area contributed by atoms with Crippen molar-refractivity contribution in [1.29, 1.82) is 0 Å². The topological polar surface area (TPSA) is 74.6 Å². The zero-order valence-electron chi connectivity index (χ0n) is 18.5. The number of benzene rings is 1. The third-order valence-corrected chi connectivity index (χ3v) is 6.28. The highest BCUT2D eigenvalue weighted by molar-refractivity contribution is 5.74. The molecule has 3 aliphatic rings. The fraction of sp³-hybridized carbons (Fsp3) is 0.440. The van der Waals surface area contributed by atoms with Crippen LogP contribution in [0.25, 0.3) is 17.8 Å². The molecule has 0 aromatic heterocycles. The second-order valence-electron chi connectivity index (χ2n) is 8.42. The van der Waals surface area contributed by atoms with Crippen LogP contribution in [0.3, 0.4) is 0 Å². The van der Waals surface area contributed by atoms with Crippen molar-refractivity contribution in [2.75, 3.05) is 51.3 Å². The second kappa shape index (κ2) is 10.1. The minimum absolute atomic E-state index is 0.458. The van der Waals surface area contributed by atoms with Crippen LogP contribution in [0.5, 0.6) is 0 Å². The monoisotopic (exact) mass is 421 g/mol.